The van der Waals surface area contributed by atoms with Gasteiger partial charge >= 0.3 is 0 Å². The van der Waals surface area contributed by atoms with Gasteiger partial charge in [-0.2, -0.15) is 0 Å². The minimum absolute atomic E-state index is 0.442. The maximum absolute atomic E-state index is 10.4. The van der Waals surface area contributed by atoms with Crippen LogP contribution in [0.4, 0.5) is 0 Å². The van der Waals surface area contributed by atoms with E-state index < -0.39 is 11.7 Å². The zero-order chi connectivity index (χ0) is 12.8. The van der Waals surface area contributed by atoms with Gasteiger partial charge < -0.3 is 14.3 Å². The maximum Gasteiger partial charge on any atom is 0.140 e. The molecule has 0 bridgehead atoms. The first-order valence-electron chi connectivity index (χ1n) is 6.38. The number of hydrogen-bond acceptors (Lipinski definition) is 3. The number of hydrogen-bond donors (Lipinski definition) is 1. The van der Waals surface area contributed by atoms with Crippen LogP contribution in [0.1, 0.15) is 36.7 Å². The lowest BCUT2D eigenvalue weighted by Crippen LogP contribution is -2.44. The van der Waals surface area contributed by atoms with Crippen LogP contribution < -0.4 is 0 Å². The Morgan fingerprint density at radius 2 is 2.11 bits per heavy atom. The van der Waals surface area contributed by atoms with Crippen molar-refractivity contribution in [1.29, 1.82) is 0 Å². The third kappa shape index (κ3) is 1.66. The van der Waals surface area contributed by atoms with E-state index in [1.807, 2.05) is 25.1 Å². The van der Waals surface area contributed by atoms with Gasteiger partial charge in [0.15, 0.2) is 0 Å². The first kappa shape index (κ1) is 11.8. The van der Waals surface area contributed by atoms with Crippen LogP contribution in [-0.2, 0) is 4.74 Å². The van der Waals surface area contributed by atoms with Gasteiger partial charge in [-0.25, -0.2) is 0 Å². The molecule has 3 rings (SSSR count). The van der Waals surface area contributed by atoms with E-state index in [1.54, 1.807) is 7.11 Å². The van der Waals surface area contributed by atoms with Gasteiger partial charge in [-0.15, -0.1) is 0 Å². The lowest BCUT2D eigenvalue weighted by molar-refractivity contribution is -0.157. The lowest BCUT2D eigenvalue weighted by atomic mass is 9.75. The molecule has 0 radical (unpaired) electrons. The average Bonchev–Trinajstić information content (AvgIpc) is 2.70. The van der Waals surface area contributed by atoms with E-state index in [4.69, 9.17) is 9.15 Å². The van der Waals surface area contributed by atoms with Crippen LogP contribution in [0, 0.1) is 6.92 Å². The Morgan fingerprint density at radius 3 is 2.72 bits per heavy atom. The molecule has 3 heteroatoms. The number of methoxy groups -OCH3 is 1. The van der Waals surface area contributed by atoms with Crippen molar-refractivity contribution >= 4 is 11.0 Å². The highest BCUT2D eigenvalue weighted by Gasteiger charge is 2.46. The molecule has 2 aromatic rings. The van der Waals surface area contributed by atoms with Crippen molar-refractivity contribution < 1.29 is 14.3 Å². The van der Waals surface area contributed by atoms with Crippen LogP contribution >= 0.6 is 0 Å². The van der Waals surface area contributed by atoms with Gasteiger partial charge in [-0.05, 0) is 44.4 Å². The second-order valence-corrected chi connectivity index (χ2v) is 5.22. The van der Waals surface area contributed by atoms with Crippen LogP contribution in [0.3, 0.4) is 0 Å². The molecule has 1 heterocycles. The second kappa shape index (κ2) is 4.11. The van der Waals surface area contributed by atoms with Crippen molar-refractivity contribution in [2.24, 2.45) is 0 Å². The summed E-state index contributed by atoms with van der Waals surface area (Å²) in [5.74, 6) is 0.608. The number of aliphatic hydroxyl groups excluding tert-OH is 1. The van der Waals surface area contributed by atoms with Gasteiger partial charge in [-0.1, -0.05) is 11.6 Å². The van der Waals surface area contributed by atoms with Crippen LogP contribution in [0.5, 0.6) is 0 Å². The molecule has 96 valence electrons. The quantitative estimate of drug-likeness (QED) is 0.903. The minimum atomic E-state index is -0.677. The summed E-state index contributed by atoms with van der Waals surface area (Å²) in [6, 6.07) is 7.94. The largest absolute Gasteiger partial charge is 0.458 e. The lowest BCUT2D eigenvalue weighted by Gasteiger charge is -2.43. The third-order valence-corrected chi connectivity index (χ3v) is 4.07. The van der Waals surface area contributed by atoms with Crippen molar-refractivity contribution in [1.82, 2.24) is 0 Å². The molecule has 1 atom stereocenters. The number of fused-ring (bicyclic) bond motifs is 1. The molecule has 1 unspecified atom stereocenters. The van der Waals surface area contributed by atoms with E-state index in [0.717, 1.165) is 30.2 Å². The van der Waals surface area contributed by atoms with Gasteiger partial charge in [0.1, 0.15) is 23.0 Å². The number of aliphatic hydroxyl groups is 1. The Bertz CT molecular complexity index is 561. The molecule has 0 aliphatic heterocycles. The van der Waals surface area contributed by atoms with Crippen molar-refractivity contribution in [3.8, 4) is 0 Å². The van der Waals surface area contributed by atoms with Gasteiger partial charge in [0, 0.05) is 12.5 Å². The molecule has 1 aliphatic rings. The van der Waals surface area contributed by atoms with Gasteiger partial charge in [0.2, 0.25) is 0 Å². The number of rotatable bonds is 3. The normalized spacial score (nSPS) is 19.7. The average molecular weight is 246 g/mol. The Morgan fingerprint density at radius 1 is 1.33 bits per heavy atom. The highest BCUT2D eigenvalue weighted by Crippen LogP contribution is 2.45. The van der Waals surface area contributed by atoms with E-state index in [1.165, 1.54) is 5.56 Å². The van der Waals surface area contributed by atoms with Crippen LogP contribution in [0.25, 0.3) is 11.0 Å². The zero-order valence-corrected chi connectivity index (χ0v) is 10.8. The van der Waals surface area contributed by atoms with E-state index in [9.17, 15) is 5.11 Å². The second-order valence-electron chi connectivity index (χ2n) is 5.22. The van der Waals surface area contributed by atoms with E-state index in [0.29, 0.717) is 5.76 Å². The minimum Gasteiger partial charge on any atom is -0.458 e. The van der Waals surface area contributed by atoms with Crippen molar-refractivity contribution in [3.05, 3.63) is 35.6 Å². The standard InChI is InChI=1S/C15H18O3/c1-10-4-5-12-11(8-10)9-13(18-12)14(16)15(17-2)6-3-7-15/h4-5,8-9,14,16H,3,6-7H2,1-2H3. The monoisotopic (exact) mass is 246 g/mol. The van der Waals surface area contributed by atoms with Crippen molar-refractivity contribution in [2.45, 2.75) is 37.9 Å². The van der Waals surface area contributed by atoms with E-state index in [-0.39, 0.29) is 0 Å². The molecule has 1 fully saturated rings. The van der Waals surface area contributed by atoms with Gasteiger partial charge in [-0.3, -0.25) is 0 Å². The molecular formula is C15H18O3. The molecule has 18 heavy (non-hydrogen) atoms. The smallest absolute Gasteiger partial charge is 0.140 e. The van der Waals surface area contributed by atoms with Crippen molar-refractivity contribution in [3.63, 3.8) is 0 Å². The fourth-order valence-corrected chi connectivity index (χ4v) is 2.69. The fourth-order valence-electron chi connectivity index (χ4n) is 2.69. The predicted molar refractivity (Wildman–Crippen MR) is 69.5 cm³/mol. The van der Waals surface area contributed by atoms with Gasteiger partial charge in [0.25, 0.3) is 0 Å². The summed E-state index contributed by atoms with van der Waals surface area (Å²) in [6.45, 7) is 2.05. The Labute approximate surface area is 106 Å². The van der Waals surface area contributed by atoms with Crippen LogP contribution in [0.2, 0.25) is 0 Å². The van der Waals surface area contributed by atoms with E-state index >= 15 is 0 Å². The van der Waals surface area contributed by atoms with Crippen molar-refractivity contribution in [2.75, 3.05) is 7.11 Å². The van der Waals surface area contributed by atoms with Gasteiger partial charge in [0.05, 0.1) is 0 Å². The number of ether oxygens (including phenoxy) is 1. The molecule has 0 amide bonds. The van der Waals surface area contributed by atoms with Crippen LogP contribution in [0.15, 0.2) is 28.7 Å². The molecule has 3 nitrogen and oxygen atoms in total. The highest BCUT2D eigenvalue weighted by atomic mass is 16.5. The summed E-state index contributed by atoms with van der Waals surface area (Å²) in [5, 5.41) is 11.5. The highest BCUT2D eigenvalue weighted by molar-refractivity contribution is 5.78. The summed E-state index contributed by atoms with van der Waals surface area (Å²) in [7, 11) is 1.66. The maximum atomic E-state index is 10.4. The molecule has 1 saturated carbocycles. The topological polar surface area (TPSA) is 42.6 Å². The number of furan rings is 1. The molecular weight excluding hydrogens is 228 g/mol. The Hall–Kier alpha value is -1.32. The number of aryl methyl sites for hydroxylation is 1. The SMILES string of the molecule is COC1(C(O)c2cc3cc(C)ccc3o2)CCC1. The van der Waals surface area contributed by atoms with Crippen LogP contribution in [-0.4, -0.2) is 17.8 Å². The number of benzene rings is 1. The first-order chi connectivity index (χ1) is 8.64. The summed E-state index contributed by atoms with van der Waals surface area (Å²) < 4.78 is 11.2. The summed E-state index contributed by atoms with van der Waals surface area (Å²) >= 11 is 0. The summed E-state index contributed by atoms with van der Waals surface area (Å²) in [4.78, 5) is 0. The molecule has 0 saturated heterocycles. The molecule has 0 spiro atoms. The fraction of sp³-hybridized carbons (Fsp3) is 0.467. The summed E-state index contributed by atoms with van der Waals surface area (Å²) in [5.41, 5.74) is 1.57. The molecule has 1 aliphatic carbocycles. The first-order valence-corrected chi connectivity index (χ1v) is 6.38. The zero-order valence-electron chi connectivity index (χ0n) is 10.8. The predicted octanol–water partition coefficient (Wildman–Crippen LogP) is 3.34. The van der Waals surface area contributed by atoms with E-state index in [2.05, 4.69) is 6.07 Å². The Balaban J connectivity index is 1.98. The molecule has 1 aromatic heterocycles. The Kier molecular flexibility index (Phi) is 2.68. The summed E-state index contributed by atoms with van der Waals surface area (Å²) in [6.07, 6.45) is 2.20. The molecule has 1 aromatic carbocycles. The molecule has 1 N–H and O–H groups in total. The third-order valence-electron chi connectivity index (χ3n) is 4.07.